The van der Waals surface area contributed by atoms with Gasteiger partial charge >= 0.3 is 0 Å². The second-order valence-corrected chi connectivity index (χ2v) is 7.24. The minimum absolute atomic E-state index is 0.0433. The molecule has 0 fully saturated rings. The Bertz CT molecular complexity index is 760. The van der Waals surface area contributed by atoms with Crippen LogP contribution in [-0.2, 0) is 23.1 Å². The lowest BCUT2D eigenvalue weighted by atomic mass is 10.3. The minimum atomic E-state index is -3.70. The molecular formula is C12H11BrFN3O2S. The van der Waals surface area contributed by atoms with Crippen LogP contribution in [0.1, 0.15) is 5.82 Å². The summed E-state index contributed by atoms with van der Waals surface area (Å²) in [4.78, 5) is 4.08. The van der Waals surface area contributed by atoms with Crippen LogP contribution >= 0.6 is 15.9 Å². The summed E-state index contributed by atoms with van der Waals surface area (Å²) in [7, 11) is -3.70. The zero-order valence-electron chi connectivity index (χ0n) is 10.3. The van der Waals surface area contributed by atoms with Gasteiger partial charge in [0.15, 0.2) is 0 Å². The van der Waals surface area contributed by atoms with Gasteiger partial charge < -0.3 is 4.57 Å². The van der Waals surface area contributed by atoms with Gasteiger partial charge in [-0.2, -0.15) is 4.31 Å². The van der Waals surface area contributed by atoms with E-state index in [1.54, 1.807) is 6.20 Å². The van der Waals surface area contributed by atoms with Gasteiger partial charge in [-0.1, -0.05) is 0 Å². The van der Waals surface area contributed by atoms with Crippen molar-refractivity contribution >= 4 is 26.0 Å². The van der Waals surface area contributed by atoms with E-state index in [-0.39, 0.29) is 15.9 Å². The third-order valence-electron chi connectivity index (χ3n) is 3.24. The standard InChI is InChI=1S/C12H11BrFN3O2S/c13-10-2-1-9(7-11(10)14)20(18,19)17-6-5-16-4-3-15-12(16)8-17/h1-4,7H,5-6,8H2. The summed E-state index contributed by atoms with van der Waals surface area (Å²) in [6.45, 7) is 1.10. The fraction of sp³-hybridized carbons (Fsp3) is 0.250. The smallest absolute Gasteiger partial charge is 0.243 e. The van der Waals surface area contributed by atoms with Gasteiger partial charge in [-0.25, -0.2) is 17.8 Å². The molecule has 0 spiro atoms. The number of imidazole rings is 1. The molecule has 3 rings (SSSR count). The molecule has 5 nitrogen and oxygen atoms in total. The summed E-state index contributed by atoms with van der Waals surface area (Å²) in [6, 6.07) is 3.82. The van der Waals surface area contributed by atoms with Crippen molar-refractivity contribution in [1.29, 1.82) is 0 Å². The van der Waals surface area contributed by atoms with Crippen molar-refractivity contribution in [1.82, 2.24) is 13.9 Å². The van der Waals surface area contributed by atoms with Crippen molar-refractivity contribution in [2.24, 2.45) is 0 Å². The van der Waals surface area contributed by atoms with Crippen molar-refractivity contribution in [3.63, 3.8) is 0 Å². The Labute approximate surface area is 124 Å². The molecule has 2 heterocycles. The molecule has 0 unspecified atom stereocenters. The summed E-state index contributed by atoms with van der Waals surface area (Å²) in [5.41, 5.74) is 0. The molecule has 1 aromatic carbocycles. The first kappa shape index (κ1) is 13.7. The normalized spacial score (nSPS) is 16.1. The SMILES string of the molecule is O=S(=O)(c1ccc(Br)c(F)c1)N1CCn2ccnc2C1. The first-order chi connectivity index (χ1) is 9.48. The van der Waals surface area contributed by atoms with Gasteiger partial charge in [-0.15, -0.1) is 0 Å². The monoisotopic (exact) mass is 359 g/mol. The number of nitrogens with zero attached hydrogens (tertiary/aromatic N) is 3. The molecule has 8 heteroatoms. The summed E-state index contributed by atoms with van der Waals surface area (Å²) < 4.78 is 42.0. The lowest BCUT2D eigenvalue weighted by Gasteiger charge is -2.27. The van der Waals surface area contributed by atoms with Gasteiger partial charge in [0.05, 0.1) is 15.9 Å². The number of rotatable bonds is 2. The molecule has 20 heavy (non-hydrogen) atoms. The first-order valence-corrected chi connectivity index (χ1v) is 8.17. The van der Waals surface area contributed by atoms with E-state index in [0.29, 0.717) is 18.9 Å². The Morgan fingerprint density at radius 3 is 2.85 bits per heavy atom. The number of fused-ring (bicyclic) bond motifs is 1. The molecule has 0 bridgehead atoms. The molecule has 2 aromatic rings. The van der Waals surface area contributed by atoms with E-state index in [4.69, 9.17) is 0 Å². The lowest BCUT2D eigenvalue weighted by Crippen LogP contribution is -2.38. The van der Waals surface area contributed by atoms with Crippen molar-refractivity contribution in [3.8, 4) is 0 Å². The molecular weight excluding hydrogens is 349 g/mol. The van der Waals surface area contributed by atoms with Crippen molar-refractivity contribution in [2.75, 3.05) is 6.54 Å². The number of halogens is 2. The zero-order valence-corrected chi connectivity index (χ0v) is 12.7. The van der Waals surface area contributed by atoms with E-state index in [1.807, 2.05) is 10.8 Å². The lowest BCUT2D eigenvalue weighted by molar-refractivity contribution is 0.335. The predicted octanol–water partition coefficient (Wildman–Crippen LogP) is 1.99. The van der Waals surface area contributed by atoms with Crippen LogP contribution in [0.4, 0.5) is 4.39 Å². The van der Waals surface area contributed by atoms with Gasteiger partial charge in [-0.3, -0.25) is 0 Å². The molecule has 0 saturated carbocycles. The highest BCUT2D eigenvalue weighted by Crippen LogP contribution is 2.24. The van der Waals surface area contributed by atoms with Crippen LogP contribution in [0, 0.1) is 5.82 Å². The zero-order chi connectivity index (χ0) is 14.3. The van der Waals surface area contributed by atoms with Crippen LogP contribution in [0.5, 0.6) is 0 Å². The average molecular weight is 360 g/mol. The third kappa shape index (κ3) is 2.27. The molecule has 0 aliphatic carbocycles. The molecule has 0 atom stereocenters. The van der Waals surface area contributed by atoms with Crippen LogP contribution < -0.4 is 0 Å². The number of benzene rings is 1. The Morgan fingerprint density at radius 1 is 1.30 bits per heavy atom. The maximum Gasteiger partial charge on any atom is 0.243 e. The van der Waals surface area contributed by atoms with Gasteiger partial charge in [0.1, 0.15) is 11.6 Å². The summed E-state index contributed by atoms with van der Waals surface area (Å²) in [5, 5.41) is 0. The fourth-order valence-electron chi connectivity index (χ4n) is 2.14. The summed E-state index contributed by atoms with van der Waals surface area (Å²) >= 11 is 3.01. The molecule has 0 amide bonds. The second-order valence-electron chi connectivity index (χ2n) is 4.45. The maximum atomic E-state index is 13.5. The number of sulfonamides is 1. The maximum absolute atomic E-state index is 13.5. The van der Waals surface area contributed by atoms with Crippen molar-refractivity contribution in [2.45, 2.75) is 18.0 Å². The number of hydrogen-bond acceptors (Lipinski definition) is 3. The summed E-state index contributed by atoms with van der Waals surface area (Å²) in [6.07, 6.45) is 3.46. The van der Waals surface area contributed by atoms with Crippen molar-refractivity contribution in [3.05, 3.63) is 46.7 Å². The largest absolute Gasteiger partial charge is 0.333 e. The van der Waals surface area contributed by atoms with Crippen LogP contribution in [-0.4, -0.2) is 28.8 Å². The highest BCUT2D eigenvalue weighted by Gasteiger charge is 2.29. The second kappa shape index (κ2) is 4.94. The Morgan fingerprint density at radius 2 is 2.10 bits per heavy atom. The van der Waals surface area contributed by atoms with Gasteiger partial charge in [0.2, 0.25) is 10.0 Å². The number of hydrogen-bond donors (Lipinski definition) is 0. The van der Waals surface area contributed by atoms with E-state index in [0.717, 1.165) is 6.07 Å². The van der Waals surface area contributed by atoms with E-state index in [9.17, 15) is 12.8 Å². The van der Waals surface area contributed by atoms with E-state index in [1.165, 1.54) is 16.4 Å². The molecule has 0 N–H and O–H groups in total. The van der Waals surface area contributed by atoms with Crippen molar-refractivity contribution < 1.29 is 12.8 Å². The van der Waals surface area contributed by atoms with E-state index in [2.05, 4.69) is 20.9 Å². The van der Waals surface area contributed by atoms with E-state index < -0.39 is 15.8 Å². The average Bonchev–Trinajstić information content (AvgIpc) is 2.89. The topological polar surface area (TPSA) is 55.2 Å². The molecule has 1 aromatic heterocycles. The van der Waals surface area contributed by atoms with Crippen LogP contribution in [0.3, 0.4) is 0 Å². The number of aromatic nitrogens is 2. The molecule has 1 aliphatic rings. The third-order valence-corrected chi connectivity index (χ3v) is 5.72. The summed E-state index contributed by atoms with van der Waals surface area (Å²) in [5.74, 6) is 0.0991. The molecule has 106 valence electrons. The quantitative estimate of drug-likeness (QED) is 0.823. The highest BCUT2D eigenvalue weighted by atomic mass is 79.9. The highest BCUT2D eigenvalue weighted by molar-refractivity contribution is 9.10. The van der Waals surface area contributed by atoms with Gasteiger partial charge in [0.25, 0.3) is 0 Å². The van der Waals surface area contributed by atoms with Gasteiger partial charge in [0, 0.05) is 25.5 Å². The first-order valence-electron chi connectivity index (χ1n) is 5.94. The minimum Gasteiger partial charge on any atom is -0.333 e. The Balaban J connectivity index is 1.95. The predicted molar refractivity (Wildman–Crippen MR) is 73.9 cm³/mol. The fourth-order valence-corrected chi connectivity index (χ4v) is 3.79. The van der Waals surface area contributed by atoms with Gasteiger partial charge in [-0.05, 0) is 34.1 Å². The molecule has 0 radical (unpaired) electrons. The van der Waals surface area contributed by atoms with Crippen LogP contribution in [0.15, 0.2) is 40.0 Å². The van der Waals surface area contributed by atoms with Crippen LogP contribution in [0.25, 0.3) is 0 Å². The van der Waals surface area contributed by atoms with E-state index >= 15 is 0 Å². The Hall–Kier alpha value is -1.25. The molecule has 1 aliphatic heterocycles. The molecule has 0 saturated heterocycles. The van der Waals surface area contributed by atoms with Crippen LogP contribution in [0.2, 0.25) is 0 Å². The Kier molecular flexibility index (Phi) is 3.39.